The molecule has 1 aliphatic rings. The minimum Gasteiger partial charge on any atom is -0.459 e. The zero-order chi connectivity index (χ0) is 21.9. The zero-order valence-electron chi connectivity index (χ0n) is 18.9. The van der Waals surface area contributed by atoms with Crippen molar-refractivity contribution in [1.82, 2.24) is 4.90 Å². The summed E-state index contributed by atoms with van der Waals surface area (Å²) in [5, 5.41) is 10.7. The van der Waals surface area contributed by atoms with Gasteiger partial charge in [-0.15, -0.1) is 12.4 Å². The van der Waals surface area contributed by atoms with E-state index in [4.69, 9.17) is 10.5 Å². The van der Waals surface area contributed by atoms with Gasteiger partial charge in [0.25, 0.3) is 0 Å². The van der Waals surface area contributed by atoms with Crippen LogP contribution in [0.5, 0.6) is 0 Å². The molecule has 1 aromatic carbocycles. The van der Waals surface area contributed by atoms with Gasteiger partial charge in [-0.2, -0.15) is 0 Å². The van der Waals surface area contributed by atoms with E-state index in [1.807, 2.05) is 44.2 Å². The number of ether oxygens (including phenoxy) is 1. The number of amides is 1. The van der Waals surface area contributed by atoms with Crippen LogP contribution in [-0.4, -0.2) is 47.1 Å². The number of benzene rings is 1. The first kappa shape index (κ1) is 27.4. The number of aliphatic hydroxyl groups excluding tert-OH is 1. The predicted molar refractivity (Wildman–Crippen MR) is 125 cm³/mol. The lowest BCUT2D eigenvalue weighted by molar-refractivity contribution is -0.151. The van der Waals surface area contributed by atoms with Crippen LogP contribution in [-0.2, 0) is 20.9 Å². The minimum atomic E-state index is -0.857. The van der Waals surface area contributed by atoms with Gasteiger partial charge in [-0.05, 0) is 23.8 Å². The number of hydrogen-bond donors (Lipinski definition) is 2. The number of carbonyl (C=O) groups excluding carboxylic acids is 2. The number of halogens is 1. The van der Waals surface area contributed by atoms with E-state index >= 15 is 0 Å². The lowest BCUT2D eigenvalue weighted by Crippen LogP contribution is -2.48. The monoisotopic (exact) mass is 454 g/mol. The van der Waals surface area contributed by atoms with Gasteiger partial charge < -0.3 is 20.5 Å². The molecule has 2 atom stereocenters. The van der Waals surface area contributed by atoms with Gasteiger partial charge in [-0.1, -0.05) is 76.3 Å². The molecule has 1 saturated carbocycles. The van der Waals surface area contributed by atoms with E-state index in [9.17, 15) is 14.7 Å². The standard InChI is InChI=1S/C24H38N2O4.ClH/c1-18(2)13-23(28)26(16-24(29)30-17-20-11-7-4-8-12-20)15-22(27)21(25)14-19-9-5-3-6-10-19;/h4,7-8,11-12,18-19,21-22,27H,3,5-6,9-10,13-17,25H2,1-2H3;1H/t21-,22+;/m0./s1. The third-order valence-corrected chi connectivity index (χ3v) is 5.73. The van der Waals surface area contributed by atoms with Gasteiger partial charge in [-0.3, -0.25) is 9.59 Å². The Hall–Kier alpha value is -1.63. The van der Waals surface area contributed by atoms with Gasteiger partial charge in [-0.25, -0.2) is 0 Å². The molecule has 0 spiro atoms. The Kier molecular flexibility index (Phi) is 12.8. The third-order valence-electron chi connectivity index (χ3n) is 5.73. The first-order valence-corrected chi connectivity index (χ1v) is 11.3. The average molecular weight is 455 g/mol. The van der Waals surface area contributed by atoms with Crippen LogP contribution in [0.1, 0.15) is 64.4 Å². The number of esters is 1. The van der Waals surface area contributed by atoms with E-state index in [1.165, 1.54) is 24.2 Å². The summed E-state index contributed by atoms with van der Waals surface area (Å²) < 4.78 is 5.33. The summed E-state index contributed by atoms with van der Waals surface area (Å²) in [7, 11) is 0. The Morgan fingerprint density at radius 2 is 1.81 bits per heavy atom. The molecule has 0 aliphatic heterocycles. The first-order valence-electron chi connectivity index (χ1n) is 11.3. The van der Waals surface area contributed by atoms with Crippen molar-refractivity contribution in [2.75, 3.05) is 13.1 Å². The third kappa shape index (κ3) is 10.5. The summed E-state index contributed by atoms with van der Waals surface area (Å²) >= 11 is 0. The molecule has 176 valence electrons. The van der Waals surface area contributed by atoms with E-state index in [0.717, 1.165) is 24.8 Å². The van der Waals surface area contributed by atoms with Crippen molar-refractivity contribution in [2.24, 2.45) is 17.6 Å². The summed E-state index contributed by atoms with van der Waals surface area (Å²) in [6.45, 7) is 3.95. The highest BCUT2D eigenvalue weighted by Gasteiger charge is 2.27. The zero-order valence-corrected chi connectivity index (χ0v) is 19.7. The molecule has 6 nitrogen and oxygen atoms in total. The molecule has 31 heavy (non-hydrogen) atoms. The second-order valence-corrected chi connectivity index (χ2v) is 8.99. The van der Waals surface area contributed by atoms with Crippen LogP contribution >= 0.6 is 12.4 Å². The Labute approximate surface area is 192 Å². The van der Waals surface area contributed by atoms with Crippen LogP contribution in [0.2, 0.25) is 0 Å². The molecule has 0 radical (unpaired) electrons. The van der Waals surface area contributed by atoms with Gasteiger partial charge in [0, 0.05) is 19.0 Å². The Bertz CT molecular complexity index is 650. The van der Waals surface area contributed by atoms with Gasteiger partial charge in [0.1, 0.15) is 13.2 Å². The summed E-state index contributed by atoms with van der Waals surface area (Å²) in [5.74, 6) is 0.0574. The van der Waals surface area contributed by atoms with Crippen molar-refractivity contribution in [3.8, 4) is 0 Å². The van der Waals surface area contributed by atoms with Crippen LogP contribution in [0.3, 0.4) is 0 Å². The lowest BCUT2D eigenvalue weighted by atomic mass is 9.84. The van der Waals surface area contributed by atoms with Crippen molar-refractivity contribution in [2.45, 2.75) is 77.5 Å². The maximum atomic E-state index is 12.7. The van der Waals surface area contributed by atoms with Crippen LogP contribution in [0.15, 0.2) is 30.3 Å². The summed E-state index contributed by atoms with van der Waals surface area (Å²) in [5.41, 5.74) is 7.15. The molecular weight excluding hydrogens is 416 g/mol. The molecule has 1 amide bonds. The number of nitrogens with zero attached hydrogens (tertiary/aromatic N) is 1. The highest BCUT2D eigenvalue weighted by atomic mass is 35.5. The largest absolute Gasteiger partial charge is 0.459 e. The van der Waals surface area contributed by atoms with Crippen LogP contribution < -0.4 is 5.73 Å². The van der Waals surface area contributed by atoms with Crippen molar-refractivity contribution in [1.29, 1.82) is 0 Å². The van der Waals surface area contributed by atoms with Crippen molar-refractivity contribution >= 4 is 24.3 Å². The van der Waals surface area contributed by atoms with E-state index in [0.29, 0.717) is 12.3 Å². The predicted octanol–water partition coefficient (Wildman–Crippen LogP) is 3.68. The Balaban J connectivity index is 0.00000480. The minimum absolute atomic E-state index is 0. The van der Waals surface area contributed by atoms with Crippen molar-refractivity contribution in [3.63, 3.8) is 0 Å². The summed E-state index contributed by atoms with van der Waals surface area (Å²) in [4.78, 5) is 26.4. The fourth-order valence-electron chi connectivity index (χ4n) is 4.00. The van der Waals surface area contributed by atoms with E-state index in [1.54, 1.807) is 0 Å². The molecular formula is C24H39ClN2O4. The van der Waals surface area contributed by atoms with Crippen molar-refractivity contribution in [3.05, 3.63) is 35.9 Å². The molecule has 0 aromatic heterocycles. The number of carbonyl (C=O) groups is 2. The maximum Gasteiger partial charge on any atom is 0.325 e. The van der Waals surface area contributed by atoms with Crippen molar-refractivity contribution < 1.29 is 19.4 Å². The first-order chi connectivity index (χ1) is 14.3. The summed E-state index contributed by atoms with van der Waals surface area (Å²) in [6.07, 6.45) is 6.24. The number of hydrogen-bond acceptors (Lipinski definition) is 5. The molecule has 1 fully saturated rings. The molecule has 0 saturated heterocycles. The number of rotatable bonds is 11. The van der Waals surface area contributed by atoms with Crippen LogP contribution in [0, 0.1) is 11.8 Å². The Morgan fingerprint density at radius 3 is 2.42 bits per heavy atom. The molecule has 0 heterocycles. The summed E-state index contributed by atoms with van der Waals surface area (Å²) in [6, 6.07) is 9.02. The molecule has 0 bridgehead atoms. The quantitative estimate of drug-likeness (QED) is 0.497. The molecule has 3 N–H and O–H groups in total. The Morgan fingerprint density at radius 1 is 1.16 bits per heavy atom. The van der Waals surface area contributed by atoms with E-state index in [-0.39, 0.29) is 43.9 Å². The highest BCUT2D eigenvalue weighted by molar-refractivity contribution is 5.85. The lowest BCUT2D eigenvalue weighted by Gasteiger charge is -2.30. The second kappa shape index (κ2) is 14.4. The second-order valence-electron chi connectivity index (χ2n) is 8.99. The van der Waals surface area contributed by atoms with Gasteiger partial charge in [0.05, 0.1) is 6.10 Å². The fraction of sp³-hybridized carbons (Fsp3) is 0.667. The van der Waals surface area contributed by atoms with Crippen LogP contribution in [0.4, 0.5) is 0 Å². The topological polar surface area (TPSA) is 92.9 Å². The average Bonchev–Trinajstić information content (AvgIpc) is 2.72. The van der Waals surface area contributed by atoms with Crippen LogP contribution in [0.25, 0.3) is 0 Å². The number of nitrogens with two attached hydrogens (primary N) is 1. The molecule has 7 heteroatoms. The molecule has 1 aromatic rings. The fourth-order valence-corrected chi connectivity index (χ4v) is 4.00. The number of aliphatic hydroxyl groups is 1. The molecule has 1 aliphatic carbocycles. The van der Waals surface area contributed by atoms with Gasteiger partial charge in [0.15, 0.2) is 0 Å². The van der Waals surface area contributed by atoms with E-state index < -0.39 is 18.1 Å². The van der Waals surface area contributed by atoms with E-state index in [2.05, 4.69) is 0 Å². The maximum absolute atomic E-state index is 12.7. The normalized spacial score (nSPS) is 16.3. The molecule has 0 unspecified atom stereocenters. The van der Waals surface area contributed by atoms with Gasteiger partial charge >= 0.3 is 5.97 Å². The molecule has 2 rings (SSSR count). The van der Waals surface area contributed by atoms with Gasteiger partial charge in [0.2, 0.25) is 5.91 Å². The smallest absolute Gasteiger partial charge is 0.325 e. The highest BCUT2D eigenvalue weighted by Crippen LogP contribution is 2.27. The SMILES string of the molecule is CC(C)CC(=O)N(CC(=O)OCc1ccccc1)C[C@@H](O)[C@@H](N)CC1CCCCC1.Cl.